The number of rotatable bonds is 5. The van der Waals surface area contributed by atoms with E-state index in [-0.39, 0.29) is 6.04 Å². The molecule has 0 aliphatic heterocycles. The summed E-state index contributed by atoms with van der Waals surface area (Å²) in [6.45, 7) is 0. The molecule has 5 heteroatoms. The van der Waals surface area contributed by atoms with Gasteiger partial charge >= 0.3 is 0 Å². The molecule has 0 saturated heterocycles. The Morgan fingerprint density at radius 1 is 1.10 bits per heavy atom. The van der Waals surface area contributed by atoms with E-state index in [2.05, 4.69) is 21.4 Å². The molecular formula is C15H15BrCl2N2. The van der Waals surface area contributed by atoms with Gasteiger partial charge in [0.15, 0.2) is 0 Å². The minimum Gasteiger partial charge on any atom is -0.271 e. The second-order valence-corrected chi connectivity index (χ2v) is 6.40. The van der Waals surface area contributed by atoms with Crippen molar-refractivity contribution >= 4 is 39.1 Å². The highest BCUT2D eigenvalue weighted by atomic mass is 79.9. The van der Waals surface area contributed by atoms with E-state index >= 15 is 0 Å². The highest BCUT2D eigenvalue weighted by molar-refractivity contribution is 9.10. The Labute approximate surface area is 137 Å². The maximum atomic E-state index is 6.24. The number of hydrazine groups is 1. The summed E-state index contributed by atoms with van der Waals surface area (Å²) in [4.78, 5) is 0. The van der Waals surface area contributed by atoms with Gasteiger partial charge < -0.3 is 0 Å². The zero-order chi connectivity index (χ0) is 14.5. The molecule has 0 bridgehead atoms. The van der Waals surface area contributed by atoms with Crippen molar-refractivity contribution in [3.05, 3.63) is 68.1 Å². The van der Waals surface area contributed by atoms with Crippen LogP contribution in [-0.2, 0) is 12.8 Å². The summed E-state index contributed by atoms with van der Waals surface area (Å²) in [5.74, 6) is 5.65. The lowest BCUT2D eigenvalue weighted by Crippen LogP contribution is -2.38. The Morgan fingerprint density at radius 2 is 1.90 bits per heavy atom. The van der Waals surface area contributed by atoms with E-state index in [1.165, 1.54) is 0 Å². The van der Waals surface area contributed by atoms with Crippen molar-refractivity contribution in [2.75, 3.05) is 0 Å². The van der Waals surface area contributed by atoms with Crippen LogP contribution >= 0.6 is 39.1 Å². The average Bonchev–Trinajstić information content (AvgIpc) is 2.41. The van der Waals surface area contributed by atoms with Crippen molar-refractivity contribution in [3.63, 3.8) is 0 Å². The molecule has 0 aliphatic rings. The molecule has 2 aromatic carbocycles. The molecule has 0 aromatic heterocycles. The molecule has 0 heterocycles. The predicted molar refractivity (Wildman–Crippen MR) is 89.1 cm³/mol. The van der Waals surface area contributed by atoms with Crippen LogP contribution in [-0.4, -0.2) is 6.04 Å². The number of hydrogen-bond donors (Lipinski definition) is 2. The molecule has 2 rings (SSSR count). The van der Waals surface area contributed by atoms with Gasteiger partial charge in [-0.3, -0.25) is 11.3 Å². The highest BCUT2D eigenvalue weighted by Crippen LogP contribution is 2.23. The Bertz CT molecular complexity index is 590. The minimum absolute atomic E-state index is 0.104. The standard InChI is InChI=1S/C15H15BrCl2N2/c16-12-5-4-11(15(18)9-12)8-14(20-19)7-10-2-1-3-13(17)6-10/h1-6,9,14,20H,7-8,19H2. The van der Waals surface area contributed by atoms with E-state index in [1.807, 2.05) is 42.5 Å². The molecule has 0 aliphatic carbocycles. The molecule has 0 saturated carbocycles. The van der Waals surface area contributed by atoms with Crippen LogP contribution in [0, 0.1) is 0 Å². The average molecular weight is 374 g/mol. The van der Waals surface area contributed by atoms with Crippen molar-refractivity contribution in [1.82, 2.24) is 5.43 Å². The van der Waals surface area contributed by atoms with E-state index in [4.69, 9.17) is 29.0 Å². The van der Waals surface area contributed by atoms with Gasteiger partial charge in [0.25, 0.3) is 0 Å². The van der Waals surface area contributed by atoms with Gasteiger partial charge in [0.05, 0.1) is 0 Å². The molecule has 2 nitrogen and oxygen atoms in total. The van der Waals surface area contributed by atoms with Gasteiger partial charge in [0.2, 0.25) is 0 Å². The van der Waals surface area contributed by atoms with E-state index in [9.17, 15) is 0 Å². The van der Waals surface area contributed by atoms with Crippen molar-refractivity contribution in [3.8, 4) is 0 Å². The van der Waals surface area contributed by atoms with Crippen molar-refractivity contribution < 1.29 is 0 Å². The zero-order valence-electron chi connectivity index (χ0n) is 10.7. The lowest BCUT2D eigenvalue weighted by molar-refractivity contribution is 0.522. The van der Waals surface area contributed by atoms with Crippen molar-refractivity contribution in [2.45, 2.75) is 18.9 Å². The van der Waals surface area contributed by atoms with E-state index in [0.29, 0.717) is 0 Å². The van der Waals surface area contributed by atoms with Gasteiger partial charge in [-0.1, -0.05) is 57.3 Å². The molecule has 3 N–H and O–H groups in total. The van der Waals surface area contributed by atoms with E-state index in [0.717, 1.165) is 38.5 Å². The first-order valence-electron chi connectivity index (χ1n) is 6.23. The van der Waals surface area contributed by atoms with Crippen LogP contribution in [0.15, 0.2) is 46.9 Å². The summed E-state index contributed by atoms with van der Waals surface area (Å²) in [6, 6.07) is 13.8. The lowest BCUT2D eigenvalue weighted by Gasteiger charge is -2.17. The van der Waals surface area contributed by atoms with Gasteiger partial charge in [0, 0.05) is 20.6 Å². The highest BCUT2D eigenvalue weighted by Gasteiger charge is 2.11. The number of benzene rings is 2. The Kier molecular flexibility index (Phi) is 5.87. The maximum Gasteiger partial charge on any atom is 0.0449 e. The molecule has 20 heavy (non-hydrogen) atoms. The van der Waals surface area contributed by atoms with Crippen LogP contribution in [0.5, 0.6) is 0 Å². The van der Waals surface area contributed by atoms with Gasteiger partial charge in [-0.2, -0.15) is 0 Å². The van der Waals surface area contributed by atoms with Gasteiger partial charge in [-0.05, 0) is 48.2 Å². The molecule has 0 fully saturated rings. The molecule has 0 spiro atoms. The van der Waals surface area contributed by atoms with Crippen LogP contribution < -0.4 is 11.3 Å². The minimum atomic E-state index is 0.104. The van der Waals surface area contributed by atoms with Crippen molar-refractivity contribution in [2.24, 2.45) is 5.84 Å². The van der Waals surface area contributed by atoms with Gasteiger partial charge in [-0.25, -0.2) is 0 Å². The Hall–Kier alpha value is -0.580. The second-order valence-electron chi connectivity index (χ2n) is 4.64. The largest absolute Gasteiger partial charge is 0.271 e. The molecular weight excluding hydrogens is 359 g/mol. The molecule has 1 atom stereocenters. The summed E-state index contributed by atoms with van der Waals surface area (Å²) in [7, 11) is 0. The van der Waals surface area contributed by atoms with Crippen LogP contribution in [0.3, 0.4) is 0 Å². The number of halogens is 3. The third-order valence-corrected chi connectivity index (χ3v) is 4.17. The second kappa shape index (κ2) is 7.43. The molecule has 106 valence electrons. The fraction of sp³-hybridized carbons (Fsp3) is 0.200. The smallest absolute Gasteiger partial charge is 0.0449 e. The SMILES string of the molecule is NNC(Cc1cccc(Cl)c1)Cc1ccc(Br)cc1Cl. The number of nitrogens with two attached hydrogens (primary N) is 1. The first-order valence-corrected chi connectivity index (χ1v) is 7.78. The fourth-order valence-electron chi connectivity index (χ4n) is 2.09. The maximum absolute atomic E-state index is 6.24. The van der Waals surface area contributed by atoms with E-state index < -0.39 is 0 Å². The first-order chi connectivity index (χ1) is 9.58. The van der Waals surface area contributed by atoms with Gasteiger partial charge in [0.1, 0.15) is 0 Å². The molecule has 0 radical (unpaired) electrons. The number of nitrogens with one attached hydrogen (secondary N) is 1. The normalized spacial score (nSPS) is 12.4. The van der Waals surface area contributed by atoms with E-state index in [1.54, 1.807) is 0 Å². The Balaban J connectivity index is 2.09. The Morgan fingerprint density at radius 3 is 2.55 bits per heavy atom. The fourth-order valence-corrected chi connectivity index (χ4v) is 3.05. The third-order valence-electron chi connectivity index (χ3n) is 3.09. The van der Waals surface area contributed by atoms with Crippen LogP contribution in [0.25, 0.3) is 0 Å². The summed E-state index contributed by atoms with van der Waals surface area (Å²) in [5.41, 5.74) is 5.06. The monoisotopic (exact) mass is 372 g/mol. The summed E-state index contributed by atoms with van der Waals surface area (Å²) in [6.07, 6.45) is 1.55. The summed E-state index contributed by atoms with van der Waals surface area (Å²) in [5, 5.41) is 1.48. The summed E-state index contributed by atoms with van der Waals surface area (Å²) >= 11 is 15.6. The lowest BCUT2D eigenvalue weighted by atomic mass is 9.99. The summed E-state index contributed by atoms with van der Waals surface area (Å²) < 4.78 is 0.971. The molecule has 1 unspecified atom stereocenters. The zero-order valence-corrected chi connectivity index (χ0v) is 13.8. The van der Waals surface area contributed by atoms with Crippen LogP contribution in [0.2, 0.25) is 10.0 Å². The topological polar surface area (TPSA) is 38.0 Å². The molecule has 2 aromatic rings. The van der Waals surface area contributed by atoms with Crippen LogP contribution in [0.4, 0.5) is 0 Å². The third kappa shape index (κ3) is 4.47. The van der Waals surface area contributed by atoms with Crippen molar-refractivity contribution in [1.29, 1.82) is 0 Å². The molecule has 0 amide bonds. The van der Waals surface area contributed by atoms with Gasteiger partial charge in [-0.15, -0.1) is 0 Å². The first kappa shape index (κ1) is 15.8. The predicted octanol–water partition coefficient (Wildman–Crippen LogP) is 4.37. The quantitative estimate of drug-likeness (QED) is 0.603. The van der Waals surface area contributed by atoms with Crippen LogP contribution in [0.1, 0.15) is 11.1 Å². The number of hydrogen-bond acceptors (Lipinski definition) is 2.